The highest BCUT2D eigenvalue weighted by molar-refractivity contribution is 5.60. The van der Waals surface area contributed by atoms with Crippen LogP contribution < -0.4 is 10.1 Å². The largest absolute Gasteiger partial charge is 0.492 e. The predicted octanol–water partition coefficient (Wildman–Crippen LogP) is 3.83. The lowest BCUT2D eigenvalue weighted by Crippen LogP contribution is -2.07. The fraction of sp³-hybridized carbons (Fsp3) is 0.250. The smallest absolute Gasteiger partial charge is 0.145 e. The van der Waals surface area contributed by atoms with Crippen molar-refractivity contribution in [2.24, 2.45) is 0 Å². The molecule has 0 saturated carbocycles. The molecule has 1 aliphatic heterocycles. The molecule has 1 aliphatic rings. The summed E-state index contributed by atoms with van der Waals surface area (Å²) < 4.78 is 7.80. The minimum Gasteiger partial charge on any atom is -0.492 e. The van der Waals surface area contributed by atoms with E-state index in [1.165, 1.54) is 11.1 Å². The van der Waals surface area contributed by atoms with Crippen molar-refractivity contribution in [1.29, 1.82) is 0 Å². The molecule has 3 aromatic rings. The summed E-state index contributed by atoms with van der Waals surface area (Å²) in [4.78, 5) is 0. The third-order valence-corrected chi connectivity index (χ3v) is 4.34. The van der Waals surface area contributed by atoms with E-state index in [-0.39, 0.29) is 0 Å². The van der Waals surface area contributed by atoms with Gasteiger partial charge in [0.15, 0.2) is 0 Å². The summed E-state index contributed by atoms with van der Waals surface area (Å²) in [5, 5.41) is 8.40. The molecule has 4 nitrogen and oxygen atoms in total. The monoisotopic (exact) mass is 319 g/mol. The molecule has 1 N–H and O–H groups in total. The molecule has 0 atom stereocenters. The highest BCUT2D eigenvalue weighted by atomic mass is 16.5. The second-order valence-corrected chi connectivity index (χ2v) is 5.93. The van der Waals surface area contributed by atoms with Gasteiger partial charge in [0, 0.05) is 18.5 Å². The van der Waals surface area contributed by atoms with Crippen molar-refractivity contribution in [3.05, 3.63) is 71.4 Å². The van der Waals surface area contributed by atoms with Crippen LogP contribution in [0.1, 0.15) is 23.7 Å². The number of rotatable bonds is 5. The van der Waals surface area contributed by atoms with E-state index in [0.717, 1.165) is 42.3 Å². The molecule has 0 radical (unpaired) electrons. The van der Waals surface area contributed by atoms with Crippen LogP contribution in [0.25, 0.3) is 5.69 Å². The van der Waals surface area contributed by atoms with Gasteiger partial charge in [-0.1, -0.05) is 42.5 Å². The molecule has 24 heavy (non-hydrogen) atoms. The number of nitrogens with zero attached hydrogens (tertiary/aromatic N) is 2. The van der Waals surface area contributed by atoms with Crippen LogP contribution in [-0.2, 0) is 12.8 Å². The second kappa shape index (κ2) is 6.40. The lowest BCUT2D eigenvalue weighted by molar-refractivity contribution is 0.338. The standard InChI is InChI=1S/C20H21N3O/c1-2-24-19-11-7-6-10-18(19)23-20-16(12-13-21-20)17(22-23)14-15-8-4-3-5-9-15/h3-11,21H,2,12-14H2,1H3. The van der Waals surface area contributed by atoms with E-state index < -0.39 is 0 Å². The van der Waals surface area contributed by atoms with E-state index in [9.17, 15) is 0 Å². The fourth-order valence-corrected chi connectivity index (χ4v) is 3.26. The van der Waals surface area contributed by atoms with E-state index in [4.69, 9.17) is 9.84 Å². The number of benzene rings is 2. The predicted molar refractivity (Wildman–Crippen MR) is 96.2 cm³/mol. The van der Waals surface area contributed by atoms with Crippen LogP contribution in [0.5, 0.6) is 5.75 Å². The van der Waals surface area contributed by atoms with E-state index in [1.807, 2.05) is 35.9 Å². The maximum Gasteiger partial charge on any atom is 0.145 e. The number of fused-ring (bicyclic) bond motifs is 1. The normalized spacial score (nSPS) is 12.7. The first kappa shape index (κ1) is 14.8. The van der Waals surface area contributed by atoms with Gasteiger partial charge >= 0.3 is 0 Å². The van der Waals surface area contributed by atoms with Gasteiger partial charge in [-0.25, -0.2) is 4.68 Å². The fourth-order valence-electron chi connectivity index (χ4n) is 3.26. The average molecular weight is 319 g/mol. The first-order valence-corrected chi connectivity index (χ1v) is 8.47. The number of hydrogen-bond acceptors (Lipinski definition) is 3. The molecular weight excluding hydrogens is 298 g/mol. The van der Waals surface area contributed by atoms with Crippen molar-refractivity contribution in [2.75, 3.05) is 18.5 Å². The number of hydrogen-bond donors (Lipinski definition) is 1. The van der Waals surface area contributed by atoms with Crippen molar-refractivity contribution in [3.63, 3.8) is 0 Å². The van der Waals surface area contributed by atoms with Gasteiger partial charge in [-0.05, 0) is 31.0 Å². The van der Waals surface area contributed by atoms with Gasteiger partial charge < -0.3 is 10.1 Å². The summed E-state index contributed by atoms with van der Waals surface area (Å²) >= 11 is 0. The van der Waals surface area contributed by atoms with E-state index in [1.54, 1.807) is 0 Å². The topological polar surface area (TPSA) is 39.1 Å². The lowest BCUT2D eigenvalue weighted by atomic mass is 10.1. The Morgan fingerprint density at radius 3 is 2.71 bits per heavy atom. The molecule has 0 amide bonds. The van der Waals surface area contributed by atoms with Gasteiger partial charge in [0.2, 0.25) is 0 Å². The van der Waals surface area contributed by atoms with Crippen LogP contribution in [0.3, 0.4) is 0 Å². The van der Waals surface area contributed by atoms with Crippen molar-refractivity contribution in [1.82, 2.24) is 9.78 Å². The molecule has 0 saturated heterocycles. The number of ether oxygens (including phenoxy) is 1. The third kappa shape index (κ3) is 2.64. The van der Waals surface area contributed by atoms with Crippen molar-refractivity contribution in [3.8, 4) is 11.4 Å². The van der Waals surface area contributed by atoms with Crippen molar-refractivity contribution in [2.45, 2.75) is 19.8 Å². The Bertz CT molecular complexity index is 839. The summed E-state index contributed by atoms with van der Waals surface area (Å²) in [6.07, 6.45) is 1.88. The lowest BCUT2D eigenvalue weighted by Gasteiger charge is -2.12. The molecule has 0 fully saturated rings. The number of anilines is 1. The summed E-state index contributed by atoms with van der Waals surface area (Å²) in [5.74, 6) is 1.97. The van der Waals surface area contributed by atoms with Crippen LogP contribution in [0.4, 0.5) is 5.82 Å². The van der Waals surface area contributed by atoms with Gasteiger partial charge in [-0.2, -0.15) is 5.10 Å². The maximum absolute atomic E-state index is 5.79. The Hall–Kier alpha value is -2.75. The summed E-state index contributed by atoms with van der Waals surface area (Å²) in [7, 11) is 0. The van der Waals surface area contributed by atoms with Crippen molar-refractivity contribution >= 4 is 5.82 Å². The molecule has 0 spiro atoms. The average Bonchev–Trinajstić information content (AvgIpc) is 3.21. The molecule has 4 heteroatoms. The summed E-state index contributed by atoms with van der Waals surface area (Å²) in [5.41, 5.74) is 4.75. The first-order valence-electron chi connectivity index (χ1n) is 8.47. The zero-order valence-corrected chi connectivity index (χ0v) is 13.8. The molecule has 0 bridgehead atoms. The second-order valence-electron chi connectivity index (χ2n) is 5.93. The highest BCUT2D eigenvalue weighted by Gasteiger charge is 2.24. The molecule has 2 heterocycles. The molecule has 122 valence electrons. The van der Waals surface area contributed by atoms with Gasteiger partial charge in [-0.3, -0.25) is 0 Å². The zero-order chi connectivity index (χ0) is 16.4. The van der Waals surface area contributed by atoms with Gasteiger partial charge in [0.1, 0.15) is 17.3 Å². The Labute approximate surface area is 142 Å². The summed E-state index contributed by atoms with van der Waals surface area (Å²) in [6.45, 7) is 3.61. The van der Waals surface area contributed by atoms with Gasteiger partial charge in [0.05, 0.1) is 12.3 Å². The van der Waals surface area contributed by atoms with Crippen LogP contribution in [0.15, 0.2) is 54.6 Å². The van der Waals surface area contributed by atoms with E-state index in [2.05, 4.69) is 35.6 Å². The van der Waals surface area contributed by atoms with Gasteiger partial charge in [0.25, 0.3) is 0 Å². The Morgan fingerprint density at radius 1 is 1.08 bits per heavy atom. The SMILES string of the molecule is CCOc1ccccc1-n1nc(Cc2ccccc2)c2c1NCC2. The maximum atomic E-state index is 5.79. The minimum absolute atomic E-state index is 0.644. The molecule has 0 aliphatic carbocycles. The van der Waals surface area contributed by atoms with Crippen LogP contribution in [0, 0.1) is 0 Å². The Morgan fingerprint density at radius 2 is 1.88 bits per heavy atom. The molecule has 2 aromatic carbocycles. The molecule has 1 aromatic heterocycles. The molecule has 4 rings (SSSR count). The van der Waals surface area contributed by atoms with Crippen LogP contribution >= 0.6 is 0 Å². The van der Waals surface area contributed by atoms with E-state index >= 15 is 0 Å². The minimum atomic E-state index is 0.644. The quantitative estimate of drug-likeness (QED) is 0.777. The Kier molecular flexibility index (Phi) is 3.95. The summed E-state index contributed by atoms with van der Waals surface area (Å²) in [6, 6.07) is 18.6. The molecule has 0 unspecified atom stereocenters. The number of nitrogens with one attached hydrogen (secondary N) is 1. The Balaban J connectivity index is 1.77. The van der Waals surface area contributed by atoms with Crippen LogP contribution in [0.2, 0.25) is 0 Å². The zero-order valence-electron chi connectivity index (χ0n) is 13.8. The highest BCUT2D eigenvalue weighted by Crippen LogP contribution is 2.33. The third-order valence-electron chi connectivity index (χ3n) is 4.34. The van der Waals surface area contributed by atoms with Crippen molar-refractivity contribution < 1.29 is 4.74 Å². The van der Waals surface area contributed by atoms with E-state index in [0.29, 0.717) is 6.61 Å². The number of para-hydroxylation sites is 2. The molecular formula is C20H21N3O. The van der Waals surface area contributed by atoms with Gasteiger partial charge in [-0.15, -0.1) is 0 Å². The first-order chi connectivity index (χ1) is 11.9. The van der Waals surface area contributed by atoms with Crippen LogP contribution in [-0.4, -0.2) is 22.9 Å². The number of aromatic nitrogens is 2.